The van der Waals surface area contributed by atoms with Crippen LogP contribution in [-0.4, -0.2) is 19.5 Å². The minimum absolute atomic E-state index is 0.439. The van der Waals surface area contributed by atoms with Crippen LogP contribution in [0.2, 0.25) is 0 Å². The smallest absolute Gasteiger partial charge is 0.308 e. The number of para-hydroxylation sites is 1. The second kappa shape index (κ2) is 13.3. The number of alkyl halides is 3. The highest BCUT2D eigenvalue weighted by Crippen LogP contribution is 2.40. The molecule has 0 aliphatic rings. The third-order valence-electron chi connectivity index (χ3n) is 9.76. The molecular formula is C47H31F3N4. The van der Waals surface area contributed by atoms with E-state index < -0.39 is 11.7 Å². The number of rotatable bonds is 6. The van der Waals surface area contributed by atoms with Crippen LogP contribution < -0.4 is 0 Å². The molecule has 0 fully saturated rings. The predicted octanol–water partition coefficient (Wildman–Crippen LogP) is 12.6. The van der Waals surface area contributed by atoms with Crippen molar-refractivity contribution in [1.82, 2.24) is 19.5 Å². The van der Waals surface area contributed by atoms with E-state index in [4.69, 9.17) is 15.0 Å². The van der Waals surface area contributed by atoms with Crippen molar-refractivity contribution in [2.45, 2.75) is 13.1 Å². The van der Waals surface area contributed by atoms with Crippen LogP contribution in [-0.2, 0) is 6.18 Å². The van der Waals surface area contributed by atoms with Crippen LogP contribution in [0, 0.1) is 6.92 Å². The number of nitrogens with zero attached hydrogens (tertiary/aromatic N) is 4. The fourth-order valence-corrected chi connectivity index (χ4v) is 7.05. The first-order valence-electron chi connectivity index (χ1n) is 17.6. The molecule has 0 radical (unpaired) electrons. The fourth-order valence-electron chi connectivity index (χ4n) is 7.05. The van der Waals surface area contributed by atoms with Crippen molar-refractivity contribution in [2.24, 2.45) is 0 Å². The Balaban J connectivity index is 1.36. The Morgan fingerprint density at radius 3 is 1.65 bits per heavy atom. The first-order chi connectivity index (χ1) is 26.3. The predicted molar refractivity (Wildman–Crippen MR) is 211 cm³/mol. The van der Waals surface area contributed by atoms with Crippen LogP contribution in [0.4, 0.5) is 13.2 Å². The monoisotopic (exact) mass is 708 g/mol. The van der Waals surface area contributed by atoms with Gasteiger partial charge in [0.1, 0.15) is 0 Å². The van der Waals surface area contributed by atoms with E-state index in [-0.39, 0.29) is 0 Å². The lowest BCUT2D eigenvalue weighted by Crippen LogP contribution is -2.05. The maximum Gasteiger partial charge on any atom is 0.416 e. The van der Waals surface area contributed by atoms with Crippen molar-refractivity contribution in [3.63, 3.8) is 0 Å². The molecule has 0 aliphatic carbocycles. The van der Waals surface area contributed by atoms with Gasteiger partial charge in [0.15, 0.2) is 17.5 Å². The molecule has 2 aromatic heterocycles. The standard InChI is InChI=1S/C47H31F3N4/c1-30-19-21-31(22-20-30)35-23-25-39-38-17-8-9-18-41(38)54(42(39)28-35)43-29-36(34-15-10-16-37(27-34)47(48,49)50)24-26-40(43)46-52-44(32-11-4-2-5-12-32)51-45(53-46)33-13-6-3-7-14-33/h2-29H,1H3. The molecule has 0 N–H and O–H groups in total. The average molecular weight is 709 g/mol. The van der Waals surface area contributed by atoms with Gasteiger partial charge in [-0.25, -0.2) is 15.0 Å². The Morgan fingerprint density at radius 2 is 0.963 bits per heavy atom. The minimum atomic E-state index is -4.48. The third-order valence-corrected chi connectivity index (χ3v) is 9.76. The average Bonchev–Trinajstić information content (AvgIpc) is 3.54. The molecule has 2 heterocycles. The molecule has 0 spiro atoms. The van der Waals surface area contributed by atoms with Crippen molar-refractivity contribution in [2.75, 3.05) is 0 Å². The molecule has 4 nitrogen and oxygen atoms in total. The summed E-state index contributed by atoms with van der Waals surface area (Å²) < 4.78 is 44.0. The van der Waals surface area contributed by atoms with Gasteiger partial charge in [0, 0.05) is 27.5 Å². The largest absolute Gasteiger partial charge is 0.416 e. The Morgan fingerprint density at radius 1 is 0.426 bits per heavy atom. The van der Waals surface area contributed by atoms with Crippen molar-refractivity contribution >= 4 is 21.8 Å². The van der Waals surface area contributed by atoms with Gasteiger partial charge in [-0.3, -0.25) is 0 Å². The van der Waals surface area contributed by atoms with Gasteiger partial charge >= 0.3 is 6.18 Å². The van der Waals surface area contributed by atoms with Crippen molar-refractivity contribution in [1.29, 1.82) is 0 Å². The topological polar surface area (TPSA) is 43.6 Å². The zero-order valence-electron chi connectivity index (χ0n) is 29.1. The Bertz CT molecular complexity index is 2750. The second-order valence-electron chi connectivity index (χ2n) is 13.3. The van der Waals surface area contributed by atoms with E-state index in [1.54, 1.807) is 6.07 Å². The fraction of sp³-hybridized carbons (Fsp3) is 0.0426. The van der Waals surface area contributed by atoms with Crippen LogP contribution >= 0.6 is 0 Å². The van der Waals surface area contributed by atoms with E-state index in [0.29, 0.717) is 34.2 Å². The molecule has 0 bridgehead atoms. The van der Waals surface area contributed by atoms with Crippen molar-refractivity contribution < 1.29 is 13.2 Å². The molecular weight excluding hydrogens is 678 g/mol. The molecule has 0 saturated carbocycles. The SMILES string of the molecule is Cc1ccc(-c2ccc3c4ccccc4n(-c4cc(-c5cccc(C(F)(F)F)c5)ccc4-c4nc(-c5ccccc5)nc(-c5ccccc5)n4)c3c2)cc1. The quantitative estimate of drug-likeness (QED) is 0.173. The van der Waals surface area contributed by atoms with Crippen LogP contribution in [0.3, 0.4) is 0 Å². The van der Waals surface area contributed by atoms with E-state index in [1.165, 1.54) is 17.7 Å². The van der Waals surface area contributed by atoms with E-state index in [9.17, 15) is 13.2 Å². The van der Waals surface area contributed by atoms with Gasteiger partial charge in [0.2, 0.25) is 0 Å². The summed E-state index contributed by atoms with van der Waals surface area (Å²) in [5.41, 5.74) is 8.64. The molecule has 0 unspecified atom stereocenters. The third kappa shape index (κ3) is 6.09. The number of hydrogen-bond donors (Lipinski definition) is 0. The van der Waals surface area contributed by atoms with E-state index >= 15 is 0 Å². The van der Waals surface area contributed by atoms with Crippen LogP contribution in [0.15, 0.2) is 170 Å². The number of halogens is 3. The van der Waals surface area contributed by atoms with E-state index in [2.05, 4.69) is 66.1 Å². The Hall–Kier alpha value is -6.86. The lowest BCUT2D eigenvalue weighted by Gasteiger charge is -2.17. The second-order valence-corrected chi connectivity index (χ2v) is 13.3. The summed E-state index contributed by atoms with van der Waals surface area (Å²) in [5.74, 6) is 1.46. The zero-order chi connectivity index (χ0) is 36.8. The highest BCUT2D eigenvalue weighted by atomic mass is 19.4. The molecule has 0 amide bonds. The number of hydrogen-bond acceptors (Lipinski definition) is 3. The van der Waals surface area contributed by atoms with E-state index in [0.717, 1.165) is 55.8 Å². The van der Waals surface area contributed by atoms with Gasteiger partial charge in [0.25, 0.3) is 0 Å². The zero-order valence-corrected chi connectivity index (χ0v) is 29.1. The summed E-state index contributed by atoms with van der Waals surface area (Å²) in [6.07, 6.45) is -4.48. The molecule has 260 valence electrons. The van der Waals surface area contributed by atoms with Crippen molar-refractivity contribution in [3.05, 3.63) is 181 Å². The van der Waals surface area contributed by atoms with Gasteiger partial charge in [-0.1, -0.05) is 139 Å². The maximum absolute atomic E-state index is 13.9. The number of fused-ring (bicyclic) bond motifs is 3. The van der Waals surface area contributed by atoms with Crippen molar-refractivity contribution in [3.8, 4) is 62.1 Å². The van der Waals surface area contributed by atoms with Gasteiger partial charge in [0.05, 0.1) is 22.3 Å². The van der Waals surface area contributed by atoms with Gasteiger partial charge in [-0.05, 0) is 65.6 Å². The molecule has 7 aromatic carbocycles. The molecule has 0 aliphatic heterocycles. The molecule has 0 saturated heterocycles. The summed E-state index contributed by atoms with van der Waals surface area (Å²) in [6.45, 7) is 2.07. The van der Waals surface area contributed by atoms with Crippen LogP contribution in [0.25, 0.3) is 83.9 Å². The summed E-state index contributed by atoms with van der Waals surface area (Å²) in [4.78, 5) is 15.0. The first-order valence-corrected chi connectivity index (χ1v) is 17.6. The highest BCUT2D eigenvalue weighted by molar-refractivity contribution is 6.10. The first kappa shape index (κ1) is 33.0. The van der Waals surface area contributed by atoms with Gasteiger partial charge in [-0.2, -0.15) is 13.2 Å². The van der Waals surface area contributed by atoms with Crippen LogP contribution in [0.1, 0.15) is 11.1 Å². The van der Waals surface area contributed by atoms with Crippen LogP contribution in [0.5, 0.6) is 0 Å². The number of aryl methyl sites for hydroxylation is 1. The lowest BCUT2D eigenvalue weighted by molar-refractivity contribution is -0.137. The van der Waals surface area contributed by atoms with E-state index in [1.807, 2.05) is 91.0 Å². The normalized spacial score (nSPS) is 11.7. The number of benzene rings is 7. The number of aromatic nitrogens is 4. The summed E-state index contributed by atoms with van der Waals surface area (Å²) in [6, 6.07) is 53.7. The van der Waals surface area contributed by atoms with Gasteiger partial charge < -0.3 is 4.57 Å². The molecule has 9 rings (SSSR count). The molecule has 9 aromatic rings. The highest BCUT2D eigenvalue weighted by Gasteiger charge is 2.30. The maximum atomic E-state index is 13.9. The Labute approximate surface area is 309 Å². The summed E-state index contributed by atoms with van der Waals surface area (Å²) >= 11 is 0. The lowest BCUT2D eigenvalue weighted by atomic mass is 9.99. The summed E-state index contributed by atoms with van der Waals surface area (Å²) in [7, 11) is 0. The Kier molecular flexibility index (Phi) is 8.12. The molecule has 54 heavy (non-hydrogen) atoms. The molecule has 0 atom stereocenters. The van der Waals surface area contributed by atoms with Gasteiger partial charge in [-0.15, -0.1) is 0 Å². The molecule has 7 heteroatoms. The minimum Gasteiger partial charge on any atom is -0.308 e. The summed E-state index contributed by atoms with van der Waals surface area (Å²) in [5, 5.41) is 2.09.